The minimum atomic E-state index is -0.206. The molecule has 22 heavy (non-hydrogen) atoms. The minimum absolute atomic E-state index is 0.162. The summed E-state index contributed by atoms with van der Waals surface area (Å²) in [5.41, 5.74) is 0.828. The molecule has 1 heterocycles. The van der Waals surface area contributed by atoms with Gasteiger partial charge in [-0.05, 0) is 42.0 Å². The predicted molar refractivity (Wildman–Crippen MR) is 89.5 cm³/mol. The number of ether oxygens (including phenoxy) is 2. The first kappa shape index (κ1) is 17.0. The minimum Gasteiger partial charge on any atom is -0.497 e. The van der Waals surface area contributed by atoms with Crippen molar-refractivity contribution in [2.75, 3.05) is 32.3 Å². The number of hydrogen-bond acceptors (Lipinski definition) is 4. The van der Waals surface area contributed by atoms with E-state index in [1.54, 1.807) is 14.2 Å². The largest absolute Gasteiger partial charge is 0.497 e. The second-order valence-electron chi connectivity index (χ2n) is 5.38. The Morgan fingerprint density at radius 1 is 1.18 bits per heavy atom. The van der Waals surface area contributed by atoms with Gasteiger partial charge in [0.1, 0.15) is 5.75 Å². The van der Waals surface area contributed by atoms with Gasteiger partial charge in [-0.2, -0.15) is 11.8 Å². The molecule has 2 N–H and O–H groups in total. The second kappa shape index (κ2) is 8.29. The molecule has 1 aromatic carbocycles. The number of nitrogens with one attached hydrogen (secondary N) is 2. The molecule has 0 atom stereocenters. The molecule has 0 unspecified atom stereocenters. The van der Waals surface area contributed by atoms with Gasteiger partial charge in [0.25, 0.3) is 0 Å². The van der Waals surface area contributed by atoms with Crippen molar-refractivity contribution >= 4 is 17.8 Å². The molecule has 5 nitrogen and oxygen atoms in total. The van der Waals surface area contributed by atoms with Crippen LogP contribution in [0.1, 0.15) is 18.4 Å². The van der Waals surface area contributed by atoms with Crippen LogP contribution in [0.2, 0.25) is 0 Å². The molecular weight excluding hydrogens is 300 g/mol. The summed E-state index contributed by atoms with van der Waals surface area (Å²) in [5, 5.41) is 5.79. The monoisotopic (exact) mass is 324 g/mol. The van der Waals surface area contributed by atoms with Gasteiger partial charge < -0.3 is 20.1 Å². The third kappa shape index (κ3) is 4.81. The van der Waals surface area contributed by atoms with E-state index < -0.39 is 0 Å². The number of carbonyl (C=O) groups excluding carboxylic acids is 1. The van der Waals surface area contributed by atoms with Gasteiger partial charge in [-0.15, -0.1) is 0 Å². The number of hydrogen-bond donors (Lipinski definition) is 2. The lowest BCUT2D eigenvalue weighted by Gasteiger charge is -2.35. The summed E-state index contributed by atoms with van der Waals surface area (Å²) in [6, 6.07) is 7.48. The molecule has 1 saturated heterocycles. The summed E-state index contributed by atoms with van der Waals surface area (Å²) in [7, 11) is 3.36. The van der Waals surface area contributed by atoms with Gasteiger partial charge in [-0.1, -0.05) is 12.1 Å². The Hall–Kier alpha value is -1.40. The highest BCUT2D eigenvalue weighted by Crippen LogP contribution is 2.29. The molecule has 1 aliphatic heterocycles. The van der Waals surface area contributed by atoms with Crippen molar-refractivity contribution in [3.63, 3.8) is 0 Å². The van der Waals surface area contributed by atoms with E-state index in [0.717, 1.165) is 35.7 Å². The van der Waals surface area contributed by atoms with Crippen LogP contribution in [-0.2, 0) is 11.3 Å². The van der Waals surface area contributed by atoms with E-state index in [-0.39, 0.29) is 11.6 Å². The van der Waals surface area contributed by atoms with Gasteiger partial charge >= 0.3 is 6.03 Å². The number of methoxy groups -OCH3 is 2. The smallest absolute Gasteiger partial charge is 0.315 e. The van der Waals surface area contributed by atoms with E-state index in [0.29, 0.717) is 13.1 Å². The van der Waals surface area contributed by atoms with Crippen LogP contribution >= 0.6 is 11.8 Å². The van der Waals surface area contributed by atoms with E-state index in [2.05, 4.69) is 10.6 Å². The van der Waals surface area contributed by atoms with E-state index in [4.69, 9.17) is 9.47 Å². The summed E-state index contributed by atoms with van der Waals surface area (Å²) in [6.07, 6.45) is 1.96. The fourth-order valence-corrected chi connectivity index (χ4v) is 3.66. The van der Waals surface area contributed by atoms with Gasteiger partial charge in [0.15, 0.2) is 0 Å². The van der Waals surface area contributed by atoms with Crippen molar-refractivity contribution < 1.29 is 14.3 Å². The Kier molecular flexibility index (Phi) is 6.39. The third-order valence-electron chi connectivity index (χ3n) is 4.02. The fourth-order valence-electron chi connectivity index (χ4n) is 2.43. The average molecular weight is 324 g/mol. The highest BCUT2D eigenvalue weighted by Gasteiger charge is 2.32. The molecule has 0 aromatic heterocycles. The van der Waals surface area contributed by atoms with Gasteiger partial charge in [0, 0.05) is 20.2 Å². The molecule has 0 bridgehead atoms. The quantitative estimate of drug-likeness (QED) is 0.844. The number of carbonyl (C=O) groups is 1. The highest BCUT2D eigenvalue weighted by molar-refractivity contribution is 7.99. The molecule has 1 aromatic rings. The standard InChI is InChI=1S/C16H24N2O3S/c1-20-14-5-3-13(4-6-14)11-17-15(19)18-12-16(21-2)7-9-22-10-8-16/h3-6H,7-12H2,1-2H3,(H2,17,18,19). The van der Waals surface area contributed by atoms with Crippen LogP contribution in [0.15, 0.2) is 24.3 Å². The van der Waals surface area contributed by atoms with Crippen LogP contribution in [0.5, 0.6) is 5.75 Å². The van der Waals surface area contributed by atoms with E-state index in [9.17, 15) is 4.79 Å². The van der Waals surface area contributed by atoms with Crippen LogP contribution < -0.4 is 15.4 Å². The molecule has 1 aliphatic rings. The Labute approximate surface area is 136 Å². The predicted octanol–water partition coefficient (Wildman–Crippen LogP) is 2.41. The first-order valence-corrected chi connectivity index (χ1v) is 8.60. The molecule has 0 saturated carbocycles. The summed E-state index contributed by atoms with van der Waals surface area (Å²) in [4.78, 5) is 11.9. The van der Waals surface area contributed by atoms with E-state index >= 15 is 0 Å². The maximum absolute atomic E-state index is 11.9. The fraction of sp³-hybridized carbons (Fsp3) is 0.562. The summed E-state index contributed by atoms with van der Waals surface area (Å²) in [5.74, 6) is 2.98. The summed E-state index contributed by atoms with van der Waals surface area (Å²) >= 11 is 1.94. The third-order valence-corrected chi connectivity index (χ3v) is 5.01. The van der Waals surface area contributed by atoms with Crippen molar-refractivity contribution in [2.24, 2.45) is 0 Å². The zero-order chi connectivity index (χ0) is 15.8. The molecule has 122 valence electrons. The Morgan fingerprint density at radius 2 is 1.86 bits per heavy atom. The van der Waals surface area contributed by atoms with Gasteiger partial charge in [-0.3, -0.25) is 0 Å². The van der Waals surface area contributed by atoms with Crippen LogP contribution in [0.4, 0.5) is 4.79 Å². The van der Waals surface area contributed by atoms with Crippen molar-refractivity contribution in [3.05, 3.63) is 29.8 Å². The van der Waals surface area contributed by atoms with Crippen LogP contribution in [0.3, 0.4) is 0 Å². The topological polar surface area (TPSA) is 59.6 Å². The summed E-state index contributed by atoms with van der Waals surface area (Å²) in [6.45, 7) is 1.05. The second-order valence-corrected chi connectivity index (χ2v) is 6.61. The first-order valence-electron chi connectivity index (χ1n) is 7.45. The first-order chi connectivity index (χ1) is 10.7. The van der Waals surface area contributed by atoms with Gasteiger partial charge in [0.2, 0.25) is 0 Å². The lowest BCUT2D eigenvalue weighted by atomic mass is 9.96. The Morgan fingerprint density at radius 3 is 2.45 bits per heavy atom. The van der Waals surface area contributed by atoms with E-state index in [1.807, 2.05) is 36.0 Å². The molecule has 0 spiro atoms. The Bertz CT molecular complexity index is 473. The lowest BCUT2D eigenvalue weighted by molar-refractivity contribution is -0.0137. The van der Waals surface area contributed by atoms with Crippen molar-refractivity contribution in [3.8, 4) is 5.75 Å². The van der Waals surface area contributed by atoms with Crippen LogP contribution in [-0.4, -0.2) is 43.9 Å². The maximum Gasteiger partial charge on any atom is 0.315 e. The summed E-state index contributed by atoms with van der Waals surface area (Å²) < 4.78 is 10.8. The van der Waals surface area contributed by atoms with Crippen LogP contribution in [0, 0.1) is 0 Å². The molecule has 2 rings (SSSR count). The van der Waals surface area contributed by atoms with E-state index in [1.165, 1.54) is 0 Å². The number of benzene rings is 1. The van der Waals surface area contributed by atoms with Gasteiger partial charge in [-0.25, -0.2) is 4.79 Å². The molecule has 1 fully saturated rings. The number of urea groups is 1. The lowest BCUT2D eigenvalue weighted by Crippen LogP contribution is -2.49. The maximum atomic E-state index is 11.9. The van der Waals surface area contributed by atoms with Gasteiger partial charge in [0.05, 0.1) is 12.7 Å². The molecule has 2 amide bonds. The highest BCUT2D eigenvalue weighted by atomic mass is 32.2. The normalized spacial score (nSPS) is 16.8. The molecular formula is C16H24N2O3S. The van der Waals surface area contributed by atoms with Crippen molar-refractivity contribution in [1.82, 2.24) is 10.6 Å². The van der Waals surface area contributed by atoms with Crippen molar-refractivity contribution in [2.45, 2.75) is 25.0 Å². The molecule has 0 aliphatic carbocycles. The SMILES string of the molecule is COc1ccc(CNC(=O)NCC2(OC)CCSCC2)cc1. The van der Waals surface area contributed by atoms with Crippen LogP contribution in [0.25, 0.3) is 0 Å². The number of thioether (sulfide) groups is 1. The van der Waals surface area contributed by atoms with Crippen molar-refractivity contribution in [1.29, 1.82) is 0 Å². The molecule has 0 radical (unpaired) electrons. The number of amides is 2. The zero-order valence-electron chi connectivity index (χ0n) is 13.2. The average Bonchev–Trinajstić information content (AvgIpc) is 2.59. The molecule has 6 heteroatoms. The Balaban J connectivity index is 1.75. The number of rotatable bonds is 6. The zero-order valence-corrected chi connectivity index (χ0v) is 14.0.